The van der Waals surface area contributed by atoms with Crippen LogP contribution in [0.25, 0.3) is 0 Å². The third kappa shape index (κ3) is 3.88. The van der Waals surface area contributed by atoms with Crippen LogP contribution in [-0.2, 0) is 0 Å². The molecular weight excluding hydrogens is 226 g/mol. The minimum absolute atomic E-state index is 0.0372. The number of hydrogen-bond donors (Lipinski definition) is 2. The van der Waals surface area contributed by atoms with Crippen molar-refractivity contribution in [2.45, 2.75) is 46.2 Å². The Morgan fingerprint density at radius 3 is 2.56 bits per heavy atom. The van der Waals surface area contributed by atoms with Gasteiger partial charge in [-0.1, -0.05) is 13.8 Å². The molecule has 0 aliphatic heterocycles. The normalized spacial score (nSPS) is 13.1. The first-order chi connectivity index (χ1) is 8.45. The fourth-order valence-electron chi connectivity index (χ4n) is 2.08. The Hall–Kier alpha value is -1.29. The summed E-state index contributed by atoms with van der Waals surface area (Å²) in [5, 5.41) is 3.01. The van der Waals surface area contributed by atoms with Crippen LogP contribution in [-0.4, -0.2) is 23.1 Å². The van der Waals surface area contributed by atoms with Crippen LogP contribution in [0.1, 0.15) is 50.6 Å². The molecule has 0 aliphatic carbocycles. The van der Waals surface area contributed by atoms with Crippen LogP contribution >= 0.6 is 0 Å². The van der Waals surface area contributed by atoms with E-state index in [2.05, 4.69) is 33.0 Å². The van der Waals surface area contributed by atoms with E-state index in [1.54, 1.807) is 0 Å². The summed E-state index contributed by atoms with van der Waals surface area (Å²) >= 11 is 0. The number of aromatic nitrogens is 1. The smallest absolute Gasteiger partial charge is 0.268 e. The third-order valence-electron chi connectivity index (χ3n) is 2.94. The fraction of sp³-hybridized carbons (Fsp3) is 0.643. The van der Waals surface area contributed by atoms with Crippen LogP contribution in [0.15, 0.2) is 18.3 Å². The average Bonchev–Trinajstić information content (AvgIpc) is 2.76. The first-order valence-corrected chi connectivity index (χ1v) is 6.63. The van der Waals surface area contributed by atoms with E-state index in [0.717, 1.165) is 6.42 Å². The second-order valence-corrected chi connectivity index (χ2v) is 5.43. The topological polar surface area (TPSA) is 60.0 Å². The van der Waals surface area contributed by atoms with Crippen molar-refractivity contribution in [3.8, 4) is 0 Å². The maximum Gasteiger partial charge on any atom is 0.268 e. The van der Waals surface area contributed by atoms with Crippen molar-refractivity contribution in [3.05, 3.63) is 24.0 Å². The number of nitrogens with two attached hydrogens (primary N) is 1. The van der Waals surface area contributed by atoms with Gasteiger partial charge in [0.05, 0.1) is 0 Å². The Labute approximate surface area is 110 Å². The Morgan fingerprint density at radius 1 is 1.39 bits per heavy atom. The van der Waals surface area contributed by atoms with Crippen LogP contribution in [0, 0.1) is 5.92 Å². The van der Waals surface area contributed by atoms with Gasteiger partial charge in [0.15, 0.2) is 0 Å². The fourth-order valence-corrected chi connectivity index (χ4v) is 2.08. The predicted octanol–water partition coefficient (Wildman–Crippen LogP) is 2.17. The number of carbonyl (C=O) groups is 1. The van der Waals surface area contributed by atoms with E-state index in [1.807, 2.05) is 22.9 Å². The molecular formula is C14H25N3O. The van der Waals surface area contributed by atoms with Crippen molar-refractivity contribution in [2.24, 2.45) is 11.7 Å². The van der Waals surface area contributed by atoms with Gasteiger partial charge >= 0.3 is 0 Å². The van der Waals surface area contributed by atoms with Crippen LogP contribution in [0.4, 0.5) is 0 Å². The zero-order chi connectivity index (χ0) is 13.7. The monoisotopic (exact) mass is 251 g/mol. The average molecular weight is 251 g/mol. The Bertz CT molecular complexity index is 382. The molecule has 102 valence electrons. The summed E-state index contributed by atoms with van der Waals surface area (Å²) in [5.74, 6) is 0.487. The molecule has 18 heavy (non-hydrogen) atoms. The molecule has 3 N–H and O–H groups in total. The highest BCUT2D eigenvalue weighted by Gasteiger charge is 2.17. The molecule has 1 aromatic heterocycles. The molecule has 0 saturated carbocycles. The van der Waals surface area contributed by atoms with Gasteiger partial charge in [-0.3, -0.25) is 4.79 Å². The van der Waals surface area contributed by atoms with Crippen molar-refractivity contribution in [3.63, 3.8) is 0 Å². The lowest BCUT2D eigenvalue weighted by molar-refractivity contribution is 0.0923. The molecule has 0 bridgehead atoms. The van der Waals surface area contributed by atoms with Crippen molar-refractivity contribution in [2.75, 3.05) is 6.54 Å². The van der Waals surface area contributed by atoms with E-state index in [0.29, 0.717) is 18.2 Å². The standard InChI is InChI=1S/C14H25N3O/c1-10(2)8-12(9-15)16-14(18)13-6-5-7-17(13)11(3)4/h5-7,10-12H,8-9,15H2,1-4H3,(H,16,18). The summed E-state index contributed by atoms with van der Waals surface area (Å²) in [4.78, 5) is 12.2. The lowest BCUT2D eigenvalue weighted by Gasteiger charge is -2.20. The highest BCUT2D eigenvalue weighted by atomic mass is 16.2. The van der Waals surface area contributed by atoms with Gasteiger partial charge in [-0.05, 0) is 38.3 Å². The van der Waals surface area contributed by atoms with Crippen molar-refractivity contribution < 1.29 is 4.79 Å². The van der Waals surface area contributed by atoms with Gasteiger partial charge in [-0.25, -0.2) is 0 Å². The van der Waals surface area contributed by atoms with Gasteiger partial charge in [-0.15, -0.1) is 0 Å². The van der Waals surface area contributed by atoms with Gasteiger partial charge in [-0.2, -0.15) is 0 Å². The zero-order valence-corrected chi connectivity index (χ0v) is 11.8. The van der Waals surface area contributed by atoms with Crippen LogP contribution in [0.3, 0.4) is 0 Å². The quantitative estimate of drug-likeness (QED) is 0.814. The first kappa shape index (κ1) is 14.8. The van der Waals surface area contributed by atoms with Crippen LogP contribution < -0.4 is 11.1 Å². The van der Waals surface area contributed by atoms with E-state index in [9.17, 15) is 4.79 Å². The highest BCUT2D eigenvalue weighted by Crippen LogP contribution is 2.11. The molecule has 0 radical (unpaired) electrons. The zero-order valence-electron chi connectivity index (χ0n) is 11.8. The SMILES string of the molecule is CC(C)CC(CN)NC(=O)c1cccn1C(C)C. The number of amides is 1. The molecule has 0 saturated heterocycles. The maximum atomic E-state index is 12.2. The van der Waals surface area contributed by atoms with E-state index < -0.39 is 0 Å². The molecule has 1 aromatic rings. The Balaban J connectivity index is 2.72. The second-order valence-electron chi connectivity index (χ2n) is 5.43. The van der Waals surface area contributed by atoms with Crippen molar-refractivity contribution >= 4 is 5.91 Å². The Morgan fingerprint density at radius 2 is 2.06 bits per heavy atom. The molecule has 1 atom stereocenters. The summed E-state index contributed by atoms with van der Waals surface area (Å²) in [6, 6.07) is 4.07. The van der Waals surface area contributed by atoms with Gasteiger partial charge in [0.1, 0.15) is 5.69 Å². The molecule has 1 amide bonds. The largest absolute Gasteiger partial charge is 0.347 e. The van der Waals surface area contributed by atoms with Crippen molar-refractivity contribution in [1.82, 2.24) is 9.88 Å². The molecule has 0 fully saturated rings. The maximum absolute atomic E-state index is 12.2. The molecule has 4 nitrogen and oxygen atoms in total. The predicted molar refractivity (Wildman–Crippen MR) is 74.6 cm³/mol. The molecule has 1 rings (SSSR count). The van der Waals surface area contributed by atoms with E-state index in [-0.39, 0.29) is 18.0 Å². The molecule has 1 heterocycles. The molecule has 0 spiro atoms. The van der Waals surface area contributed by atoms with E-state index in [1.165, 1.54) is 0 Å². The van der Waals surface area contributed by atoms with Crippen LogP contribution in [0.2, 0.25) is 0 Å². The summed E-state index contributed by atoms with van der Waals surface area (Å²) in [5.41, 5.74) is 6.40. The molecule has 0 aliphatic rings. The number of hydrogen-bond acceptors (Lipinski definition) is 2. The van der Waals surface area contributed by atoms with E-state index >= 15 is 0 Å². The number of rotatable bonds is 6. The van der Waals surface area contributed by atoms with Gasteiger partial charge < -0.3 is 15.6 Å². The van der Waals surface area contributed by atoms with Crippen molar-refractivity contribution in [1.29, 1.82) is 0 Å². The summed E-state index contributed by atoms with van der Waals surface area (Å²) in [6.07, 6.45) is 2.84. The lowest BCUT2D eigenvalue weighted by atomic mass is 10.0. The molecule has 4 heteroatoms. The minimum atomic E-state index is -0.0372. The molecule has 0 aromatic carbocycles. The van der Waals surface area contributed by atoms with Gasteiger partial charge in [0.2, 0.25) is 0 Å². The van der Waals surface area contributed by atoms with Gasteiger partial charge in [0.25, 0.3) is 5.91 Å². The second kappa shape index (κ2) is 6.59. The number of carbonyl (C=O) groups excluding carboxylic acids is 1. The summed E-state index contributed by atoms with van der Waals surface area (Å²) < 4.78 is 1.97. The number of nitrogens with one attached hydrogen (secondary N) is 1. The van der Waals surface area contributed by atoms with Crippen LogP contribution in [0.5, 0.6) is 0 Å². The summed E-state index contributed by atoms with van der Waals surface area (Å²) in [7, 11) is 0. The Kier molecular flexibility index (Phi) is 5.41. The minimum Gasteiger partial charge on any atom is -0.347 e. The lowest BCUT2D eigenvalue weighted by Crippen LogP contribution is -2.41. The third-order valence-corrected chi connectivity index (χ3v) is 2.94. The first-order valence-electron chi connectivity index (χ1n) is 6.63. The van der Waals surface area contributed by atoms with Gasteiger partial charge in [0, 0.05) is 24.8 Å². The highest BCUT2D eigenvalue weighted by molar-refractivity contribution is 5.93. The molecule has 1 unspecified atom stereocenters. The number of nitrogens with zero attached hydrogens (tertiary/aromatic N) is 1. The van der Waals surface area contributed by atoms with E-state index in [4.69, 9.17) is 5.73 Å². The summed E-state index contributed by atoms with van der Waals surface area (Å²) in [6.45, 7) is 8.86.